The van der Waals surface area contributed by atoms with E-state index >= 15 is 0 Å². The molecule has 28 heavy (non-hydrogen) atoms. The van der Waals surface area contributed by atoms with Crippen LogP contribution in [0.2, 0.25) is 10.0 Å². The Morgan fingerprint density at radius 1 is 1.07 bits per heavy atom. The standard InChI is InChI=1S/C21H23Cl2FN2O2/c1-13(2)25-21(28)14(3)26(12-15-7-9-16(22)10-8-15)20(27)11-17-18(23)5-4-6-19(17)24/h4-10,13-14H,11-12H2,1-3H3,(H,25,28)/t14-/m1/s1. The first kappa shape index (κ1) is 22.2. The quantitative estimate of drug-likeness (QED) is 0.704. The molecule has 2 aromatic rings. The number of benzene rings is 2. The summed E-state index contributed by atoms with van der Waals surface area (Å²) in [6, 6.07) is 10.5. The molecule has 0 aliphatic carbocycles. The van der Waals surface area contributed by atoms with Gasteiger partial charge in [-0.1, -0.05) is 41.4 Å². The fourth-order valence-corrected chi connectivity index (χ4v) is 3.08. The first-order valence-corrected chi connectivity index (χ1v) is 9.71. The molecule has 0 aliphatic rings. The lowest BCUT2D eigenvalue weighted by Crippen LogP contribution is -2.49. The van der Waals surface area contributed by atoms with Crippen molar-refractivity contribution >= 4 is 35.0 Å². The lowest BCUT2D eigenvalue weighted by Gasteiger charge is -2.29. The van der Waals surface area contributed by atoms with E-state index in [4.69, 9.17) is 23.2 Å². The minimum Gasteiger partial charge on any atom is -0.352 e. The minimum absolute atomic E-state index is 0.0663. The molecule has 7 heteroatoms. The molecule has 2 rings (SSSR count). The normalized spacial score (nSPS) is 12.0. The summed E-state index contributed by atoms with van der Waals surface area (Å²) in [4.78, 5) is 26.9. The molecule has 0 aromatic heterocycles. The van der Waals surface area contributed by atoms with Gasteiger partial charge in [0, 0.05) is 28.2 Å². The number of carbonyl (C=O) groups excluding carboxylic acids is 2. The van der Waals surface area contributed by atoms with E-state index in [1.54, 1.807) is 31.2 Å². The predicted octanol–water partition coefficient (Wildman–Crippen LogP) is 4.62. The van der Waals surface area contributed by atoms with Crippen LogP contribution in [0.5, 0.6) is 0 Å². The lowest BCUT2D eigenvalue weighted by atomic mass is 10.1. The second-order valence-corrected chi connectivity index (χ2v) is 7.71. The molecule has 0 saturated heterocycles. The van der Waals surface area contributed by atoms with Crippen molar-refractivity contribution in [3.63, 3.8) is 0 Å². The summed E-state index contributed by atoms with van der Waals surface area (Å²) in [7, 11) is 0. The Morgan fingerprint density at radius 2 is 1.71 bits per heavy atom. The smallest absolute Gasteiger partial charge is 0.242 e. The molecule has 0 aliphatic heterocycles. The zero-order valence-electron chi connectivity index (χ0n) is 16.0. The molecular formula is C21H23Cl2FN2O2. The first-order chi connectivity index (χ1) is 13.2. The van der Waals surface area contributed by atoms with Crippen molar-refractivity contribution in [2.45, 2.75) is 45.8 Å². The molecule has 2 amide bonds. The third-order valence-electron chi connectivity index (χ3n) is 4.25. The van der Waals surface area contributed by atoms with Gasteiger partial charge < -0.3 is 10.2 Å². The van der Waals surface area contributed by atoms with Crippen LogP contribution in [0, 0.1) is 5.82 Å². The van der Waals surface area contributed by atoms with Crippen LogP contribution in [0.4, 0.5) is 4.39 Å². The van der Waals surface area contributed by atoms with Gasteiger partial charge in [0.25, 0.3) is 0 Å². The summed E-state index contributed by atoms with van der Waals surface area (Å²) in [6.07, 6.45) is -0.238. The molecule has 0 fully saturated rings. The zero-order chi connectivity index (χ0) is 20.8. The molecule has 0 saturated carbocycles. The Bertz CT molecular complexity index is 821. The van der Waals surface area contributed by atoms with Gasteiger partial charge in [0.2, 0.25) is 11.8 Å². The van der Waals surface area contributed by atoms with E-state index in [1.165, 1.54) is 23.1 Å². The molecule has 1 atom stereocenters. The summed E-state index contributed by atoms with van der Waals surface area (Å²) < 4.78 is 14.1. The molecule has 0 heterocycles. The average molecular weight is 425 g/mol. The summed E-state index contributed by atoms with van der Waals surface area (Å²) in [5.74, 6) is -1.23. The van der Waals surface area contributed by atoms with Gasteiger partial charge in [-0.15, -0.1) is 0 Å². The summed E-state index contributed by atoms with van der Waals surface area (Å²) in [5, 5.41) is 3.56. The zero-order valence-corrected chi connectivity index (χ0v) is 17.5. The van der Waals surface area contributed by atoms with Gasteiger partial charge >= 0.3 is 0 Å². The third kappa shape index (κ3) is 5.94. The highest BCUT2D eigenvalue weighted by molar-refractivity contribution is 6.31. The van der Waals surface area contributed by atoms with Crippen LogP contribution in [0.15, 0.2) is 42.5 Å². The topological polar surface area (TPSA) is 49.4 Å². The van der Waals surface area contributed by atoms with Gasteiger partial charge in [-0.2, -0.15) is 0 Å². The lowest BCUT2D eigenvalue weighted by molar-refractivity contribution is -0.140. The minimum atomic E-state index is -0.740. The number of rotatable bonds is 7. The molecular weight excluding hydrogens is 402 g/mol. The Balaban J connectivity index is 2.29. The maximum Gasteiger partial charge on any atom is 0.242 e. The summed E-state index contributed by atoms with van der Waals surface area (Å²) in [5.41, 5.74) is 0.924. The highest BCUT2D eigenvalue weighted by atomic mass is 35.5. The number of nitrogens with zero attached hydrogens (tertiary/aromatic N) is 1. The number of carbonyl (C=O) groups is 2. The largest absolute Gasteiger partial charge is 0.352 e. The highest BCUT2D eigenvalue weighted by Gasteiger charge is 2.27. The van der Waals surface area contributed by atoms with Crippen LogP contribution in [0.3, 0.4) is 0 Å². The van der Waals surface area contributed by atoms with Gasteiger partial charge in [-0.3, -0.25) is 9.59 Å². The van der Waals surface area contributed by atoms with E-state index in [9.17, 15) is 14.0 Å². The number of nitrogens with one attached hydrogen (secondary N) is 1. The number of hydrogen-bond acceptors (Lipinski definition) is 2. The monoisotopic (exact) mass is 424 g/mol. The van der Waals surface area contributed by atoms with Gasteiger partial charge in [0.15, 0.2) is 0 Å². The van der Waals surface area contributed by atoms with Gasteiger partial charge in [0.1, 0.15) is 11.9 Å². The maximum absolute atomic E-state index is 14.1. The molecule has 0 unspecified atom stereocenters. The van der Waals surface area contributed by atoms with E-state index in [0.29, 0.717) is 5.02 Å². The first-order valence-electron chi connectivity index (χ1n) is 8.96. The van der Waals surface area contributed by atoms with Gasteiger partial charge in [-0.05, 0) is 50.6 Å². The van der Waals surface area contributed by atoms with Crippen LogP contribution < -0.4 is 5.32 Å². The fraction of sp³-hybridized carbons (Fsp3) is 0.333. The molecule has 0 spiro atoms. The second kappa shape index (κ2) is 9.89. The van der Waals surface area contributed by atoms with E-state index in [2.05, 4.69) is 5.32 Å². The van der Waals surface area contributed by atoms with E-state index in [-0.39, 0.29) is 35.5 Å². The van der Waals surface area contributed by atoms with E-state index in [1.807, 2.05) is 13.8 Å². The molecule has 150 valence electrons. The van der Waals surface area contributed by atoms with Crippen LogP contribution >= 0.6 is 23.2 Å². The fourth-order valence-electron chi connectivity index (χ4n) is 2.73. The number of hydrogen-bond donors (Lipinski definition) is 1. The van der Waals surface area contributed by atoms with Crippen molar-refractivity contribution in [2.75, 3.05) is 0 Å². The van der Waals surface area contributed by atoms with Crippen molar-refractivity contribution in [1.29, 1.82) is 0 Å². The third-order valence-corrected chi connectivity index (χ3v) is 4.86. The van der Waals surface area contributed by atoms with Crippen LogP contribution in [-0.2, 0) is 22.6 Å². The summed E-state index contributed by atoms with van der Waals surface area (Å²) >= 11 is 12.0. The highest BCUT2D eigenvalue weighted by Crippen LogP contribution is 2.22. The Hall–Kier alpha value is -2.11. The average Bonchev–Trinajstić information content (AvgIpc) is 2.63. The van der Waals surface area contributed by atoms with Crippen molar-refractivity contribution in [3.05, 3.63) is 69.5 Å². The van der Waals surface area contributed by atoms with Crippen molar-refractivity contribution in [1.82, 2.24) is 10.2 Å². The SMILES string of the molecule is CC(C)NC(=O)[C@@H](C)N(Cc1ccc(Cl)cc1)C(=O)Cc1c(F)cccc1Cl. The van der Waals surface area contributed by atoms with Crippen LogP contribution in [0.1, 0.15) is 31.9 Å². The Kier molecular flexibility index (Phi) is 7.84. The second-order valence-electron chi connectivity index (χ2n) is 6.86. The maximum atomic E-state index is 14.1. The molecule has 4 nitrogen and oxygen atoms in total. The number of halogens is 3. The molecule has 0 radical (unpaired) electrons. The Labute approximate surface area is 174 Å². The molecule has 1 N–H and O–H groups in total. The molecule has 2 aromatic carbocycles. The molecule has 0 bridgehead atoms. The van der Waals surface area contributed by atoms with Crippen LogP contribution in [-0.4, -0.2) is 28.8 Å². The van der Waals surface area contributed by atoms with Crippen molar-refractivity contribution in [3.8, 4) is 0 Å². The van der Waals surface area contributed by atoms with Crippen LogP contribution in [0.25, 0.3) is 0 Å². The van der Waals surface area contributed by atoms with E-state index in [0.717, 1.165) is 5.56 Å². The summed E-state index contributed by atoms with van der Waals surface area (Å²) in [6.45, 7) is 5.52. The number of amides is 2. The van der Waals surface area contributed by atoms with E-state index < -0.39 is 17.8 Å². The van der Waals surface area contributed by atoms with Crippen molar-refractivity contribution in [2.24, 2.45) is 0 Å². The predicted molar refractivity (Wildman–Crippen MR) is 110 cm³/mol. The Morgan fingerprint density at radius 3 is 2.29 bits per heavy atom. The van der Waals surface area contributed by atoms with Gasteiger partial charge in [-0.25, -0.2) is 4.39 Å². The van der Waals surface area contributed by atoms with Gasteiger partial charge in [0.05, 0.1) is 6.42 Å². The van der Waals surface area contributed by atoms with Crippen molar-refractivity contribution < 1.29 is 14.0 Å².